The first kappa shape index (κ1) is 14.0. The van der Waals surface area contributed by atoms with Crippen molar-refractivity contribution in [1.82, 2.24) is 4.98 Å². The lowest BCUT2D eigenvalue weighted by molar-refractivity contribution is -0.0498. The fourth-order valence-corrected chi connectivity index (χ4v) is 1.70. The predicted molar refractivity (Wildman–Crippen MR) is 74.8 cm³/mol. The summed E-state index contributed by atoms with van der Waals surface area (Å²) in [6.45, 7) is 0.00177. The Morgan fingerprint density at radius 1 is 1.10 bits per heavy atom. The molecule has 0 amide bonds. The highest BCUT2D eigenvalue weighted by atomic mass is 19.3. The molecule has 0 radical (unpaired) electrons. The molecule has 0 unspecified atom stereocenters. The molecule has 0 saturated carbocycles. The molecule has 0 aliphatic heterocycles. The molecule has 1 aromatic heterocycles. The number of aromatic nitrogens is 1. The standard InChI is InChI=1S/C14H15F2N3O/c1-2-18-11-7-12(9-17-8-11)19-10-3-5-13(6-4-10)20-14(15)16/h3-9,14,18-19H,2H2,1H3. The lowest BCUT2D eigenvalue weighted by Gasteiger charge is -2.09. The Hall–Kier alpha value is -2.37. The van der Waals surface area contributed by atoms with Gasteiger partial charge in [0.1, 0.15) is 5.75 Å². The van der Waals surface area contributed by atoms with Crippen LogP contribution in [0.2, 0.25) is 0 Å². The molecule has 106 valence electrons. The summed E-state index contributed by atoms with van der Waals surface area (Å²) in [5, 5.41) is 6.30. The van der Waals surface area contributed by atoms with Gasteiger partial charge < -0.3 is 15.4 Å². The number of nitrogens with one attached hydrogen (secondary N) is 2. The normalized spacial score (nSPS) is 10.4. The average molecular weight is 279 g/mol. The lowest BCUT2D eigenvalue weighted by Crippen LogP contribution is -2.01. The van der Waals surface area contributed by atoms with Gasteiger partial charge in [0.25, 0.3) is 0 Å². The minimum atomic E-state index is -2.81. The number of benzene rings is 1. The number of nitrogens with zero attached hydrogens (tertiary/aromatic N) is 1. The van der Waals surface area contributed by atoms with Gasteiger partial charge in [0, 0.05) is 12.2 Å². The zero-order valence-corrected chi connectivity index (χ0v) is 10.9. The fraction of sp³-hybridized carbons (Fsp3) is 0.214. The first-order chi connectivity index (χ1) is 9.67. The van der Waals surface area contributed by atoms with E-state index < -0.39 is 6.61 Å². The second kappa shape index (κ2) is 6.70. The van der Waals surface area contributed by atoms with Crippen LogP contribution in [0.15, 0.2) is 42.7 Å². The largest absolute Gasteiger partial charge is 0.435 e. The molecule has 0 bridgehead atoms. The second-order valence-electron chi connectivity index (χ2n) is 4.02. The van der Waals surface area contributed by atoms with Crippen LogP contribution in [0.5, 0.6) is 5.75 Å². The van der Waals surface area contributed by atoms with Crippen molar-refractivity contribution in [1.29, 1.82) is 0 Å². The van der Waals surface area contributed by atoms with E-state index in [1.807, 2.05) is 13.0 Å². The molecule has 1 heterocycles. The molecule has 0 atom stereocenters. The molecule has 0 aliphatic rings. The maximum Gasteiger partial charge on any atom is 0.387 e. The van der Waals surface area contributed by atoms with Crippen molar-refractivity contribution in [3.8, 4) is 5.75 Å². The molecule has 0 spiro atoms. The van der Waals surface area contributed by atoms with E-state index in [1.54, 1.807) is 24.5 Å². The number of halogens is 2. The molecule has 1 aromatic carbocycles. The summed E-state index contributed by atoms with van der Waals surface area (Å²) in [6.07, 6.45) is 3.42. The van der Waals surface area contributed by atoms with Crippen LogP contribution in [0.1, 0.15) is 6.92 Å². The van der Waals surface area contributed by atoms with Crippen LogP contribution in [0, 0.1) is 0 Å². The lowest BCUT2D eigenvalue weighted by atomic mass is 10.3. The number of ether oxygens (including phenoxy) is 1. The minimum absolute atomic E-state index is 0.130. The molecule has 0 aliphatic carbocycles. The summed E-state index contributed by atoms with van der Waals surface area (Å²) in [4.78, 5) is 4.11. The van der Waals surface area contributed by atoms with E-state index in [-0.39, 0.29) is 5.75 Å². The molecule has 20 heavy (non-hydrogen) atoms. The molecule has 2 N–H and O–H groups in total. The van der Waals surface area contributed by atoms with Gasteiger partial charge in [-0.25, -0.2) is 0 Å². The van der Waals surface area contributed by atoms with E-state index in [0.717, 1.165) is 23.6 Å². The number of hydrogen-bond donors (Lipinski definition) is 2. The van der Waals surface area contributed by atoms with Crippen LogP contribution >= 0.6 is 0 Å². The fourth-order valence-electron chi connectivity index (χ4n) is 1.70. The summed E-state index contributed by atoms with van der Waals surface area (Å²) in [7, 11) is 0. The van der Waals surface area contributed by atoms with Crippen molar-refractivity contribution >= 4 is 17.1 Å². The molecule has 6 heteroatoms. The van der Waals surface area contributed by atoms with E-state index in [4.69, 9.17) is 0 Å². The number of alkyl halides is 2. The van der Waals surface area contributed by atoms with Crippen LogP contribution in [0.3, 0.4) is 0 Å². The summed E-state index contributed by atoms with van der Waals surface area (Å²) >= 11 is 0. The van der Waals surface area contributed by atoms with E-state index in [1.165, 1.54) is 12.1 Å². The average Bonchev–Trinajstić information content (AvgIpc) is 2.41. The van der Waals surface area contributed by atoms with Gasteiger partial charge in [0.2, 0.25) is 0 Å². The monoisotopic (exact) mass is 279 g/mol. The van der Waals surface area contributed by atoms with Crippen molar-refractivity contribution in [2.24, 2.45) is 0 Å². The van der Waals surface area contributed by atoms with Gasteiger partial charge in [0.15, 0.2) is 0 Å². The summed E-state index contributed by atoms with van der Waals surface area (Å²) in [5.41, 5.74) is 2.49. The van der Waals surface area contributed by atoms with E-state index in [9.17, 15) is 8.78 Å². The van der Waals surface area contributed by atoms with Crippen molar-refractivity contribution in [3.63, 3.8) is 0 Å². The van der Waals surface area contributed by atoms with Crippen molar-refractivity contribution in [3.05, 3.63) is 42.7 Å². The van der Waals surface area contributed by atoms with Crippen LogP contribution in [0.25, 0.3) is 0 Å². The third-order valence-corrected chi connectivity index (χ3v) is 2.49. The minimum Gasteiger partial charge on any atom is -0.435 e. The number of hydrogen-bond acceptors (Lipinski definition) is 4. The smallest absolute Gasteiger partial charge is 0.387 e. The number of rotatable bonds is 6. The van der Waals surface area contributed by atoms with Gasteiger partial charge in [-0.2, -0.15) is 8.78 Å². The molecular formula is C14H15F2N3O. The second-order valence-corrected chi connectivity index (χ2v) is 4.02. The quantitative estimate of drug-likeness (QED) is 0.843. The molecule has 0 fully saturated rings. The van der Waals surface area contributed by atoms with E-state index >= 15 is 0 Å². The molecular weight excluding hydrogens is 264 g/mol. The van der Waals surface area contributed by atoms with E-state index in [2.05, 4.69) is 20.4 Å². The third-order valence-electron chi connectivity index (χ3n) is 2.49. The Morgan fingerprint density at radius 2 is 1.80 bits per heavy atom. The van der Waals surface area contributed by atoms with Gasteiger partial charge in [-0.15, -0.1) is 0 Å². The molecule has 2 rings (SSSR count). The number of anilines is 3. The summed E-state index contributed by atoms with van der Waals surface area (Å²) in [6, 6.07) is 8.21. The van der Waals surface area contributed by atoms with Gasteiger partial charge in [-0.1, -0.05) is 0 Å². The van der Waals surface area contributed by atoms with E-state index in [0.29, 0.717) is 0 Å². The zero-order chi connectivity index (χ0) is 14.4. The van der Waals surface area contributed by atoms with Crippen LogP contribution in [-0.4, -0.2) is 18.1 Å². The van der Waals surface area contributed by atoms with Gasteiger partial charge >= 0.3 is 6.61 Å². The Bertz CT molecular complexity index is 546. The zero-order valence-electron chi connectivity index (χ0n) is 10.9. The Kier molecular flexibility index (Phi) is 4.70. The highest BCUT2D eigenvalue weighted by Crippen LogP contribution is 2.22. The third kappa shape index (κ3) is 4.08. The maximum absolute atomic E-state index is 12.0. The topological polar surface area (TPSA) is 46.2 Å². The molecule has 4 nitrogen and oxygen atoms in total. The van der Waals surface area contributed by atoms with Gasteiger partial charge in [-0.05, 0) is 37.3 Å². The predicted octanol–water partition coefficient (Wildman–Crippen LogP) is 3.86. The van der Waals surface area contributed by atoms with Crippen LogP contribution in [0.4, 0.5) is 25.8 Å². The van der Waals surface area contributed by atoms with Crippen molar-refractivity contribution in [2.45, 2.75) is 13.5 Å². The molecule has 2 aromatic rings. The molecule has 0 saturated heterocycles. The first-order valence-corrected chi connectivity index (χ1v) is 6.18. The summed E-state index contributed by atoms with van der Waals surface area (Å²) < 4.78 is 28.4. The Morgan fingerprint density at radius 3 is 2.45 bits per heavy atom. The van der Waals surface area contributed by atoms with Gasteiger partial charge in [0.05, 0.1) is 23.8 Å². The van der Waals surface area contributed by atoms with Gasteiger partial charge in [-0.3, -0.25) is 4.98 Å². The maximum atomic E-state index is 12.0. The Balaban J connectivity index is 2.04. The first-order valence-electron chi connectivity index (χ1n) is 6.18. The van der Waals surface area contributed by atoms with Crippen molar-refractivity contribution in [2.75, 3.05) is 17.2 Å². The highest BCUT2D eigenvalue weighted by Gasteiger charge is 2.04. The number of pyridine rings is 1. The SMILES string of the molecule is CCNc1cncc(Nc2ccc(OC(F)F)cc2)c1. The van der Waals surface area contributed by atoms with Crippen LogP contribution in [-0.2, 0) is 0 Å². The van der Waals surface area contributed by atoms with Crippen LogP contribution < -0.4 is 15.4 Å². The van der Waals surface area contributed by atoms with Crippen molar-refractivity contribution < 1.29 is 13.5 Å². The summed E-state index contributed by atoms with van der Waals surface area (Å²) in [5.74, 6) is 0.130. The highest BCUT2D eigenvalue weighted by molar-refractivity contribution is 5.63. The Labute approximate surface area is 115 Å².